The summed E-state index contributed by atoms with van der Waals surface area (Å²) < 4.78 is 0. The zero-order valence-corrected chi connectivity index (χ0v) is 8.74. The Kier molecular flexibility index (Phi) is 4.14. The highest BCUT2D eigenvalue weighted by atomic mass is 35.5. The smallest absolute Gasteiger partial charge is 0.303 e. The molecule has 0 aromatic heterocycles. The number of nitrogens with zero attached hydrogens (tertiary/aromatic N) is 1. The minimum Gasteiger partial charge on any atom is -0.481 e. The summed E-state index contributed by atoms with van der Waals surface area (Å²) in [6.45, 7) is 0. The summed E-state index contributed by atoms with van der Waals surface area (Å²) in [4.78, 5) is 10.4. The van der Waals surface area contributed by atoms with Gasteiger partial charge in [-0.3, -0.25) is 4.79 Å². The maximum atomic E-state index is 10.4. The minimum absolute atomic E-state index is 0.00787. The molecule has 4 heteroatoms. The second-order valence-electron chi connectivity index (χ2n) is 3.10. The number of rotatable bonds is 4. The number of aliphatic carboxylic acids is 1. The molecule has 0 fully saturated rings. The van der Waals surface area contributed by atoms with Gasteiger partial charge in [0.25, 0.3) is 0 Å². The summed E-state index contributed by atoms with van der Waals surface area (Å²) >= 11 is 6.02. The predicted octanol–water partition coefficient (Wildman–Crippen LogP) is 2.70. The summed E-state index contributed by atoms with van der Waals surface area (Å²) in [5.74, 6) is -0.880. The molecule has 0 amide bonds. The van der Waals surface area contributed by atoms with Gasteiger partial charge >= 0.3 is 5.97 Å². The standard InChI is InChI=1S/C11H10ClNO2/c12-10(5-6-11(14)15)9-4-2-1-3-8(9)7-13/h1-4,10H,5-6H2,(H,14,15)/t10-/m0/s1. The number of carboxylic acid groups (broad SMARTS) is 1. The van der Waals surface area contributed by atoms with Crippen LogP contribution in [0.25, 0.3) is 0 Å². The number of halogens is 1. The largest absolute Gasteiger partial charge is 0.481 e. The molecular formula is C11H10ClNO2. The molecule has 3 nitrogen and oxygen atoms in total. The van der Waals surface area contributed by atoms with E-state index in [1.54, 1.807) is 24.3 Å². The Morgan fingerprint density at radius 2 is 2.20 bits per heavy atom. The van der Waals surface area contributed by atoms with Gasteiger partial charge in [0.05, 0.1) is 17.0 Å². The zero-order valence-electron chi connectivity index (χ0n) is 7.98. The summed E-state index contributed by atoms with van der Waals surface area (Å²) in [7, 11) is 0. The van der Waals surface area contributed by atoms with E-state index in [4.69, 9.17) is 22.0 Å². The Labute approximate surface area is 92.9 Å². The van der Waals surface area contributed by atoms with Crippen molar-refractivity contribution in [3.63, 3.8) is 0 Å². The van der Waals surface area contributed by atoms with Gasteiger partial charge in [-0.1, -0.05) is 18.2 Å². The number of nitriles is 1. The average Bonchev–Trinajstić information content (AvgIpc) is 2.25. The molecule has 0 heterocycles. The van der Waals surface area contributed by atoms with Crippen molar-refractivity contribution < 1.29 is 9.90 Å². The Balaban J connectivity index is 2.77. The molecule has 1 atom stereocenters. The first-order chi connectivity index (χ1) is 7.15. The van der Waals surface area contributed by atoms with Crippen LogP contribution in [-0.2, 0) is 4.79 Å². The van der Waals surface area contributed by atoms with Crippen molar-refractivity contribution in [1.29, 1.82) is 5.26 Å². The highest BCUT2D eigenvalue weighted by molar-refractivity contribution is 6.21. The van der Waals surface area contributed by atoms with E-state index >= 15 is 0 Å². The quantitative estimate of drug-likeness (QED) is 0.799. The third-order valence-corrected chi connectivity index (χ3v) is 2.48. The number of alkyl halides is 1. The fourth-order valence-electron chi connectivity index (χ4n) is 1.28. The maximum Gasteiger partial charge on any atom is 0.303 e. The maximum absolute atomic E-state index is 10.4. The van der Waals surface area contributed by atoms with E-state index in [0.29, 0.717) is 17.5 Å². The van der Waals surface area contributed by atoms with Crippen molar-refractivity contribution in [2.75, 3.05) is 0 Å². The molecule has 0 saturated heterocycles. The molecule has 0 bridgehead atoms. The normalized spacial score (nSPS) is 11.7. The van der Waals surface area contributed by atoms with Gasteiger partial charge in [0, 0.05) is 6.42 Å². The molecule has 1 N–H and O–H groups in total. The molecular weight excluding hydrogens is 214 g/mol. The third-order valence-electron chi connectivity index (χ3n) is 2.03. The SMILES string of the molecule is N#Cc1ccccc1[C@@H](Cl)CCC(=O)O. The second-order valence-corrected chi connectivity index (χ2v) is 3.63. The van der Waals surface area contributed by atoms with Gasteiger partial charge in [0.1, 0.15) is 0 Å². The summed E-state index contributed by atoms with van der Waals surface area (Å²) in [5, 5.41) is 16.9. The van der Waals surface area contributed by atoms with Crippen LogP contribution in [0.5, 0.6) is 0 Å². The highest BCUT2D eigenvalue weighted by Crippen LogP contribution is 2.27. The van der Waals surface area contributed by atoms with Gasteiger partial charge in [-0.05, 0) is 18.1 Å². The lowest BCUT2D eigenvalue weighted by atomic mass is 10.0. The van der Waals surface area contributed by atoms with Crippen LogP contribution in [0.15, 0.2) is 24.3 Å². The molecule has 0 aliphatic carbocycles. The van der Waals surface area contributed by atoms with Crippen LogP contribution < -0.4 is 0 Å². The highest BCUT2D eigenvalue weighted by Gasteiger charge is 2.13. The average molecular weight is 224 g/mol. The molecule has 0 unspecified atom stereocenters. The molecule has 0 radical (unpaired) electrons. The van der Waals surface area contributed by atoms with E-state index in [9.17, 15) is 4.79 Å². The topological polar surface area (TPSA) is 61.1 Å². The number of carboxylic acids is 1. The number of hydrogen-bond acceptors (Lipinski definition) is 2. The van der Waals surface area contributed by atoms with E-state index in [-0.39, 0.29) is 6.42 Å². The first kappa shape index (κ1) is 11.5. The molecule has 1 aromatic carbocycles. The van der Waals surface area contributed by atoms with Crippen LogP contribution in [0.2, 0.25) is 0 Å². The molecule has 1 aromatic rings. The fraction of sp³-hybridized carbons (Fsp3) is 0.273. The predicted molar refractivity (Wildman–Crippen MR) is 56.6 cm³/mol. The lowest BCUT2D eigenvalue weighted by Gasteiger charge is -2.09. The van der Waals surface area contributed by atoms with E-state index in [2.05, 4.69) is 0 Å². The van der Waals surface area contributed by atoms with Gasteiger partial charge in [0.2, 0.25) is 0 Å². The van der Waals surface area contributed by atoms with Crippen LogP contribution in [-0.4, -0.2) is 11.1 Å². The van der Waals surface area contributed by atoms with Gasteiger partial charge in [-0.2, -0.15) is 5.26 Å². The van der Waals surface area contributed by atoms with Crippen molar-refractivity contribution in [1.82, 2.24) is 0 Å². The molecule has 0 aliphatic rings. The number of benzene rings is 1. The first-order valence-corrected chi connectivity index (χ1v) is 4.93. The van der Waals surface area contributed by atoms with Crippen LogP contribution in [0.4, 0.5) is 0 Å². The monoisotopic (exact) mass is 223 g/mol. The molecule has 15 heavy (non-hydrogen) atoms. The van der Waals surface area contributed by atoms with E-state index in [1.807, 2.05) is 6.07 Å². The minimum atomic E-state index is -0.880. The number of carbonyl (C=O) groups is 1. The Morgan fingerprint density at radius 1 is 1.53 bits per heavy atom. The Hall–Kier alpha value is -1.53. The fourth-order valence-corrected chi connectivity index (χ4v) is 1.58. The van der Waals surface area contributed by atoms with E-state index in [0.717, 1.165) is 0 Å². The van der Waals surface area contributed by atoms with Crippen molar-refractivity contribution >= 4 is 17.6 Å². The molecule has 1 rings (SSSR count). The molecule has 78 valence electrons. The molecule has 0 aliphatic heterocycles. The van der Waals surface area contributed by atoms with Crippen LogP contribution >= 0.6 is 11.6 Å². The van der Waals surface area contributed by atoms with Crippen LogP contribution in [0.1, 0.15) is 29.3 Å². The summed E-state index contributed by atoms with van der Waals surface area (Å²) in [6, 6.07) is 8.99. The third kappa shape index (κ3) is 3.26. The van der Waals surface area contributed by atoms with Crippen molar-refractivity contribution in [3.05, 3.63) is 35.4 Å². The summed E-state index contributed by atoms with van der Waals surface area (Å²) in [6.07, 6.45) is 0.337. The first-order valence-electron chi connectivity index (χ1n) is 4.50. The molecule has 0 saturated carbocycles. The Morgan fingerprint density at radius 3 is 2.80 bits per heavy atom. The van der Waals surface area contributed by atoms with E-state index in [1.165, 1.54) is 0 Å². The van der Waals surface area contributed by atoms with Crippen LogP contribution in [0, 0.1) is 11.3 Å². The lowest BCUT2D eigenvalue weighted by molar-refractivity contribution is -0.137. The van der Waals surface area contributed by atoms with Gasteiger partial charge < -0.3 is 5.11 Å². The van der Waals surface area contributed by atoms with Gasteiger partial charge in [0.15, 0.2) is 0 Å². The van der Waals surface area contributed by atoms with Crippen molar-refractivity contribution in [2.24, 2.45) is 0 Å². The van der Waals surface area contributed by atoms with Crippen molar-refractivity contribution in [2.45, 2.75) is 18.2 Å². The van der Waals surface area contributed by atoms with Crippen molar-refractivity contribution in [3.8, 4) is 6.07 Å². The second kappa shape index (κ2) is 5.38. The Bertz CT molecular complexity index is 398. The summed E-state index contributed by atoms with van der Waals surface area (Å²) in [5.41, 5.74) is 1.20. The van der Waals surface area contributed by atoms with E-state index < -0.39 is 11.3 Å². The lowest BCUT2D eigenvalue weighted by Crippen LogP contribution is -2.00. The van der Waals surface area contributed by atoms with Crippen LogP contribution in [0.3, 0.4) is 0 Å². The molecule has 0 spiro atoms. The van der Waals surface area contributed by atoms with Gasteiger partial charge in [-0.25, -0.2) is 0 Å². The zero-order chi connectivity index (χ0) is 11.3. The van der Waals surface area contributed by atoms with Gasteiger partial charge in [-0.15, -0.1) is 11.6 Å². The number of hydrogen-bond donors (Lipinski definition) is 1.